The summed E-state index contributed by atoms with van der Waals surface area (Å²) in [6.45, 7) is 12.0. The Morgan fingerprint density at radius 2 is 1.69 bits per heavy atom. The number of H-pyrrole nitrogens is 1. The highest BCUT2D eigenvalue weighted by molar-refractivity contribution is 5.76. The fourth-order valence-electron chi connectivity index (χ4n) is 2.89. The molecule has 0 spiro atoms. The Bertz CT molecular complexity index is 1020. The molecule has 0 unspecified atom stereocenters. The topological polar surface area (TPSA) is 99.2 Å². The average molecular weight is 443 g/mol. The molecule has 8 heteroatoms. The highest BCUT2D eigenvalue weighted by Crippen LogP contribution is 2.28. The van der Waals surface area contributed by atoms with Crippen LogP contribution in [-0.4, -0.2) is 46.5 Å². The number of pyridine rings is 1. The van der Waals surface area contributed by atoms with Crippen LogP contribution in [0.25, 0.3) is 22.5 Å². The summed E-state index contributed by atoms with van der Waals surface area (Å²) in [6.07, 6.45) is 0. The van der Waals surface area contributed by atoms with E-state index in [1.54, 1.807) is 19.9 Å². The molecule has 0 aliphatic heterocycles. The Balaban J connectivity index is 0.00000177. The Morgan fingerprint density at radius 1 is 1.03 bits per heavy atom. The van der Waals surface area contributed by atoms with E-state index >= 15 is 0 Å². The third-order valence-electron chi connectivity index (χ3n) is 4.59. The summed E-state index contributed by atoms with van der Waals surface area (Å²) in [6, 6.07) is 12.0. The molecular formula is C24H34N4O4. The van der Waals surface area contributed by atoms with Gasteiger partial charge in [0.25, 0.3) is 0 Å². The molecule has 1 N–H and O–H groups in total. The van der Waals surface area contributed by atoms with Crippen molar-refractivity contribution >= 4 is 5.97 Å². The van der Waals surface area contributed by atoms with E-state index in [1.807, 2.05) is 58.0 Å². The molecule has 0 aliphatic rings. The lowest BCUT2D eigenvalue weighted by Gasteiger charge is -2.21. The number of hydrogen-bond donors (Lipinski definition) is 1. The molecule has 2 aromatic heterocycles. The van der Waals surface area contributed by atoms with E-state index in [-0.39, 0.29) is 14.0 Å². The van der Waals surface area contributed by atoms with Crippen LogP contribution in [0.3, 0.4) is 0 Å². The van der Waals surface area contributed by atoms with Gasteiger partial charge in [-0.25, -0.2) is 4.98 Å². The van der Waals surface area contributed by atoms with Crippen LogP contribution in [0.2, 0.25) is 0 Å². The molecule has 0 bridgehead atoms. The molecule has 0 saturated heterocycles. The fraction of sp³-hybridized carbons (Fsp3) is 0.417. The van der Waals surface area contributed by atoms with E-state index < -0.39 is 5.41 Å². The summed E-state index contributed by atoms with van der Waals surface area (Å²) in [4.78, 5) is 20.6. The van der Waals surface area contributed by atoms with Gasteiger partial charge >= 0.3 is 12.0 Å². The minimum Gasteiger partial charge on any atom is -0.476 e. The van der Waals surface area contributed by atoms with Crippen molar-refractivity contribution in [2.24, 2.45) is 5.41 Å². The maximum absolute atomic E-state index is 11.8. The number of aryl methyl sites for hydroxylation is 1. The number of nitrogens with zero attached hydrogens (tertiary/aromatic N) is 3. The number of carbonyl (C=O) groups excluding carboxylic acids is 1. The predicted octanol–water partition coefficient (Wildman–Crippen LogP) is 5.09. The van der Waals surface area contributed by atoms with Gasteiger partial charge in [0.05, 0.1) is 19.1 Å². The summed E-state index contributed by atoms with van der Waals surface area (Å²) < 4.78 is 15.8. The molecule has 0 saturated carbocycles. The molecule has 0 atom stereocenters. The van der Waals surface area contributed by atoms with Gasteiger partial charge in [0.2, 0.25) is 5.88 Å². The number of carbonyl (C=O) groups is 1. The maximum atomic E-state index is 11.8. The predicted molar refractivity (Wildman–Crippen MR) is 126 cm³/mol. The van der Waals surface area contributed by atoms with Gasteiger partial charge in [-0.2, -0.15) is 4.98 Å². The van der Waals surface area contributed by atoms with Crippen molar-refractivity contribution in [1.29, 1.82) is 0 Å². The van der Waals surface area contributed by atoms with Crippen molar-refractivity contribution in [3.63, 3.8) is 0 Å². The van der Waals surface area contributed by atoms with E-state index in [9.17, 15) is 4.79 Å². The number of ether oxygens (including phenoxy) is 3. The second kappa shape index (κ2) is 11.3. The first-order valence-electron chi connectivity index (χ1n) is 10.7. The number of aromatic nitrogens is 4. The molecule has 3 aromatic rings. The SMILES string of the molecule is CC.CCOc1n[nH]c(-c2ccc(-c3ccc(OCC(C)(C)C(=O)OC)nc3C)cc2)n1.[HH]. The fourth-order valence-corrected chi connectivity index (χ4v) is 2.89. The third kappa shape index (κ3) is 6.06. The van der Waals surface area contributed by atoms with Crippen LogP contribution < -0.4 is 9.47 Å². The number of hydrogen-bond acceptors (Lipinski definition) is 7. The first-order valence-corrected chi connectivity index (χ1v) is 10.7. The first-order chi connectivity index (χ1) is 15.3. The Labute approximate surface area is 190 Å². The van der Waals surface area contributed by atoms with Gasteiger partial charge in [0.15, 0.2) is 5.82 Å². The number of nitrogens with one attached hydrogen (secondary N) is 1. The highest BCUT2D eigenvalue weighted by atomic mass is 16.5. The molecule has 174 valence electrons. The average Bonchev–Trinajstić information content (AvgIpc) is 3.27. The van der Waals surface area contributed by atoms with Gasteiger partial charge in [-0.15, -0.1) is 5.10 Å². The molecule has 32 heavy (non-hydrogen) atoms. The van der Waals surface area contributed by atoms with Gasteiger partial charge in [-0.05, 0) is 39.3 Å². The Morgan fingerprint density at radius 3 is 2.28 bits per heavy atom. The van der Waals surface area contributed by atoms with Crippen LogP contribution in [0, 0.1) is 12.3 Å². The van der Waals surface area contributed by atoms with Crippen LogP contribution in [0.4, 0.5) is 0 Å². The molecule has 8 nitrogen and oxygen atoms in total. The Kier molecular flexibility index (Phi) is 8.75. The van der Waals surface area contributed by atoms with Crippen LogP contribution in [0.15, 0.2) is 36.4 Å². The third-order valence-corrected chi connectivity index (χ3v) is 4.59. The number of benzene rings is 1. The van der Waals surface area contributed by atoms with Crippen molar-refractivity contribution in [2.45, 2.75) is 41.5 Å². The van der Waals surface area contributed by atoms with E-state index in [2.05, 4.69) is 20.2 Å². The highest BCUT2D eigenvalue weighted by Gasteiger charge is 2.30. The minimum atomic E-state index is -0.748. The zero-order valence-corrected chi connectivity index (χ0v) is 19.9. The van der Waals surface area contributed by atoms with Crippen molar-refractivity contribution in [3.05, 3.63) is 42.1 Å². The number of aromatic amines is 1. The van der Waals surface area contributed by atoms with Gasteiger partial charge in [0.1, 0.15) is 6.61 Å². The molecule has 0 radical (unpaired) electrons. The van der Waals surface area contributed by atoms with Crippen molar-refractivity contribution in [2.75, 3.05) is 20.3 Å². The summed E-state index contributed by atoms with van der Waals surface area (Å²) in [5.41, 5.74) is 3.01. The summed E-state index contributed by atoms with van der Waals surface area (Å²) in [5, 5.41) is 6.90. The molecule has 1 aromatic carbocycles. The number of esters is 1. The normalized spacial score (nSPS) is 10.7. The quantitative estimate of drug-likeness (QED) is 0.485. The van der Waals surface area contributed by atoms with Crippen molar-refractivity contribution in [1.82, 2.24) is 20.2 Å². The number of rotatable bonds is 8. The van der Waals surface area contributed by atoms with Gasteiger partial charge in [-0.3, -0.25) is 9.89 Å². The minimum absolute atomic E-state index is 0. The molecule has 0 fully saturated rings. The molecule has 0 aliphatic carbocycles. The lowest BCUT2D eigenvalue weighted by Crippen LogP contribution is -2.32. The van der Waals surface area contributed by atoms with Crippen LogP contribution in [0.1, 0.15) is 41.7 Å². The van der Waals surface area contributed by atoms with E-state index in [1.165, 1.54) is 7.11 Å². The van der Waals surface area contributed by atoms with Gasteiger partial charge in [-0.1, -0.05) is 38.1 Å². The second-order valence-corrected chi connectivity index (χ2v) is 7.42. The smallest absolute Gasteiger partial charge is 0.335 e. The molecule has 3 rings (SSSR count). The van der Waals surface area contributed by atoms with E-state index in [4.69, 9.17) is 14.2 Å². The van der Waals surface area contributed by atoms with Crippen molar-refractivity contribution < 1.29 is 20.4 Å². The standard InChI is InChI=1S/C22H26N4O4.C2H6.H2/c1-6-29-21-24-19(25-26-21)16-9-7-15(8-10-16)17-11-12-18(23-14(17)2)30-13-22(3,4)20(27)28-5;1-2;/h7-12H,6,13H2,1-5H3,(H,24,25,26);1-2H3;1H. The molecule has 2 heterocycles. The first kappa shape index (κ1) is 24.8. The monoisotopic (exact) mass is 442 g/mol. The van der Waals surface area contributed by atoms with Crippen molar-refractivity contribution in [3.8, 4) is 34.4 Å². The lowest BCUT2D eigenvalue weighted by atomic mass is 9.95. The van der Waals surface area contributed by atoms with Crippen LogP contribution >= 0.6 is 0 Å². The van der Waals surface area contributed by atoms with Crippen LogP contribution in [-0.2, 0) is 9.53 Å². The summed E-state index contributed by atoms with van der Waals surface area (Å²) in [7, 11) is 1.37. The summed E-state index contributed by atoms with van der Waals surface area (Å²) in [5.74, 6) is 0.794. The van der Waals surface area contributed by atoms with E-state index in [0.29, 0.717) is 24.3 Å². The zero-order chi connectivity index (χ0) is 23.7. The maximum Gasteiger partial charge on any atom is 0.335 e. The van der Waals surface area contributed by atoms with Crippen LogP contribution in [0.5, 0.6) is 11.9 Å². The van der Waals surface area contributed by atoms with Gasteiger partial charge in [0, 0.05) is 24.3 Å². The summed E-state index contributed by atoms with van der Waals surface area (Å²) >= 11 is 0. The largest absolute Gasteiger partial charge is 0.476 e. The Hall–Kier alpha value is -3.42. The molecule has 0 amide bonds. The molecular weight excluding hydrogens is 408 g/mol. The lowest BCUT2D eigenvalue weighted by molar-refractivity contribution is -0.152. The zero-order valence-electron chi connectivity index (χ0n) is 19.9. The second-order valence-electron chi connectivity index (χ2n) is 7.42. The van der Waals surface area contributed by atoms with Gasteiger partial charge < -0.3 is 14.2 Å². The van der Waals surface area contributed by atoms with E-state index in [0.717, 1.165) is 22.4 Å². The number of methoxy groups -OCH3 is 1.